The summed E-state index contributed by atoms with van der Waals surface area (Å²) in [6.07, 6.45) is 3.48. The number of aromatic amines is 1. The molecule has 0 atom stereocenters. The number of benzene rings is 2. The predicted octanol–water partition coefficient (Wildman–Crippen LogP) is 3.95. The molecule has 1 N–H and O–H groups in total. The Bertz CT molecular complexity index is 808. The molecule has 1 aromatic heterocycles. The molecule has 0 aliphatic rings. The summed E-state index contributed by atoms with van der Waals surface area (Å²) >= 11 is 0. The second kappa shape index (κ2) is 5.85. The van der Waals surface area contributed by atoms with Crippen LogP contribution >= 0.6 is 0 Å². The number of aromatic nitrogens is 2. The number of nitrogens with one attached hydrogen (secondary N) is 1. The Morgan fingerprint density at radius 3 is 2.59 bits per heavy atom. The van der Waals surface area contributed by atoms with Crippen molar-refractivity contribution in [2.45, 2.75) is 6.92 Å². The topological polar surface area (TPSA) is 55.0 Å². The fourth-order valence-electron chi connectivity index (χ4n) is 2.52. The number of hydrogen-bond donors (Lipinski definition) is 1. The average molecular weight is 292 g/mol. The Balaban J connectivity index is 2.26. The molecule has 1 heterocycles. The number of carbonyl (C=O) groups excluding carboxylic acids is 1. The van der Waals surface area contributed by atoms with E-state index in [2.05, 4.69) is 9.97 Å². The number of carbonyl (C=O) groups is 1. The molecule has 22 heavy (non-hydrogen) atoms. The highest BCUT2D eigenvalue weighted by Crippen LogP contribution is 2.35. The van der Waals surface area contributed by atoms with Gasteiger partial charge in [0.25, 0.3) is 0 Å². The molecule has 0 fully saturated rings. The van der Waals surface area contributed by atoms with Gasteiger partial charge in [0.1, 0.15) is 11.6 Å². The van der Waals surface area contributed by atoms with Gasteiger partial charge in [0.05, 0.1) is 7.11 Å². The summed E-state index contributed by atoms with van der Waals surface area (Å²) in [5.41, 5.74) is 3.43. The van der Waals surface area contributed by atoms with Crippen molar-refractivity contribution in [2.24, 2.45) is 0 Å². The van der Waals surface area contributed by atoms with Crippen molar-refractivity contribution < 1.29 is 9.53 Å². The monoisotopic (exact) mass is 292 g/mol. The Morgan fingerprint density at radius 1 is 1.09 bits per heavy atom. The van der Waals surface area contributed by atoms with Crippen molar-refractivity contribution in [2.75, 3.05) is 7.11 Å². The summed E-state index contributed by atoms with van der Waals surface area (Å²) in [4.78, 5) is 19.4. The normalized spacial score (nSPS) is 10.5. The summed E-state index contributed by atoms with van der Waals surface area (Å²) in [6, 6.07) is 13.4. The lowest BCUT2D eigenvalue weighted by molar-refractivity contribution is 0.101. The molecule has 0 radical (unpaired) electrons. The molecule has 0 saturated heterocycles. The van der Waals surface area contributed by atoms with Crippen LogP contribution in [0.5, 0.6) is 5.75 Å². The fourth-order valence-corrected chi connectivity index (χ4v) is 2.52. The molecule has 4 heteroatoms. The van der Waals surface area contributed by atoms with Crippen LogP contribution in [-0.2, 0) is 0 Å². The van der Waals surface area contributed by atoms with E-state index in [-0.39, 0.29) is 5.78 Å². The lowest BCUT2D eigenvalue weighted by Gasteiger charge is -2.13. The van der Waals surface area contributed by atoms with Crippen LogP contribution in [0.15, 0.2) is 54.9 Å². The van der Waals surface area contributed by atoms with Crippen LogP contribution in [0.3, 0.4) is 0 Å². The van der Waals surface area contributed by atoms with Gasteiger partial charge >= 0.3 is 0 Å². The van der Waals surface area contributed by atoms with E-state index in [1.165, 1.54) is 0 Å². The van der Waals surface area contributed by atoms with Crippen LogP contribution < -0.4 is 4.74 Å². The van der Waals surface area contributed by atoms with Gasteiger partial charge in [0, 0.05) is 23.5 Å². The zero-order chi connectivity index (χ0) is 15.5. The predicted molar refractivity (Wildman–Crippen MR) is 86.0 cm³/mol. The average Bonchev–Trinajstić information content (AvgIpc) is 3.08. The molecular weight excluding hydrogens is 276 g/mol. The zero-order valence-electron chi connectivity index (χ0n) is 12.5. The second-order valence-corrected chi connectivity index (χ2v) is 4.95. The summed E-state index contributed by atoms with van der Waals surface area (Å²) in [5.74, 6) is 1.53. The number of ether oxygens (including phenoxy) is 1. The SMILES string of the molecule is COc1ccc(-c2ccccc2C(C)=O)c(-c2ncc[nH]2)c1. The number of Topliss-reactive ketones (excluding diaryl/α,β-unsaturated/α-hetero) is 1. The largest absolute Gasteiger partial charge is 0.497 e. The zero-order valence-corrected chi connectivity index (χ0v) is 12.5. The molecule has 2 aromatic carbocycles. The van der Waals surface area contributed by atoms with E-state index in [0.717, 1.165) is 28.3 Å². The standard InChI is InChI=1S/C18H16N2O2/c1-12(21)14-5-3-4-6-15(14)16-8-7-13(22-2)11-17(16)18-19-9-10-20-18/h3-11H,1-2H3,(H,19,20). The minimum Gasteiger partial charge on any atom is -0.497 e. The highest BCUT2D eigenvalue weighted by molar-refractivity contribution is 6.02. The Hall–Kier alpha value is -2.88. The third kappa shape index (κ3) is 2.51. The van der Waals surface area contributed by atoms with Crippen molar-refractivity contribution in [1.82, 2.24) is 9.97 Å². The third-order valence-corrected chi connectivity index (χ3v) is 3.58. The number of methoxy groups -OCH3 is 1. The van der Waals surface area contributed by atoms with Crippen LogP contribution in [0, 0.1) is 0 Å². The van der Waals surface area contributed by atoms with Gasteiger partial charge in [-0.3, -0.25) is 4.79 Å². The Morgan fingerprint density at radius 2 is 1.91 bits per heavy atom. The van der Waals surface area contributed by atoms with Crippen LogP contribution in [0.1, 0.15) is 17.3 Å². The van der Waals surface area contributed by atoms with Gasteiger partial charge < -0.3 is 9.72 Å². The summed E-state index contributed by atoms with van der Waals surface area (Å²) in [7, 11) is 1.63. The first-order valence-electron chi connectivity index (χ1n) is 6.99. The minimum absolute atomic E-state index is 0.0387. The first-order valence-corrected chi connectivity index (χ1v) is 6.99. The number of hydrogen-bond acceptors (Lipinski definition) is 3. The van der Waals surface area contributed by atoms with Crippen molar-refractivity contribution in [3.05, 3.63) is 60.4 Å². The highest BCUT2D eigenvalue weighted by atomic mass is 16.5. The van der Waals surface area contributed by atoms with Gasteiger partial charge in [0.2, 0.25) is 0 Å². The number of nitrogens with zero attached hydrogens (tertiary/aromatic N) is 1. The molecular formula is C18H16N2O2. The van der Waals surface area contributed by atoms with E-state index in [4.69, 9.17) is 4.74 Å². The first-order chi connectivity index (χ1) is 10.7. The molecule has 0 unspecified atom stereocenters. The van der Waals surface area contributed by atoms with Crippen LogP contribution in [-0.4, -0.2) is 22.9 Å². The van der Waals surface area contributed by atoms with Crippen LogP contribution in [0.4, 0.5) is 0 Å². The van der Waals surface area contributed by atoms with Gasteiger partial charge in [-0.2, -0.15) is 0 Å². The van der Waals surface area contributed by atoms with Gasteiger partial charge in [-0.25, -0.2) is 4.98 Å². The highest BCUT2D eigenvalue weighted by Gasteiger charge is 2.15. The fraction of sp³-hybridized carbons (Fsp3) is 0.111. The van der Waals surface area contributed by atoms with Crippen molar-refractivity contribution >= 4 is 5.78 Å². The van der Waals surface area contributed by atoms with E-state index in [1.54, 1.807) is 26.4 Å². The number of rotatable bonds is 4. The molecule has 110 valence electrons. The van der Waals surface area contributed by atoms with E-state index >= 15 is 0 Å². The summed E-state index contributed by atoms with van der Waals surface area (Å²) in [6.45, 7) is 1.58. The lowest BCUT2D eigenvalue weighted by Crippen LogP contribution is -1.98. The van der Waals surface area contributed by atoms with Gasteiger partial charge in [0.15, 0.2) is 5.78 Å². The molecule has 0 bridgehead atoms. The Kier molecular flexibility index (Phi) is 3.74. The minimum atomic E-state index is 0.0387. The van der Waals surface area contributed by atoms with Gasteiger partial charge in [-0.05, 0) is 36.2 Å². The molecule has 0 saturated carbocycles. The Labute approximate surface area is 128 Å². The molecule has 4 nitrogen and oxygen atoms in total. The smallest absolute Gasteiger partial charge is 0.160 e. The van der Waals surface area contributed by atoms with Crippen molar-refractivity contribution in [1.29, 1.82) is 0 Å². The summed E-state index contributed by atoms with van der Waals surface area (Å²) < 4.78 is 5.31. The number of ketones is 1. The first kappa shape index (κ1) is 14.1. The van der Waals surface area contributed by atoms with E-state index in [0.29, 0.717) is 5.56 Å². The van der Waals surface area contributed by atoms with Crippen molar-refractivity contribution in [3.63, 3.8) is 0 Å². The third-order valence-electron chi connectivity index (χ3n) is 3.58. The molecule has 3 rings (SSSR count). The molecule has 0 aliphatic carbocycles. The quantitative estimate of drug-likeness (QED) is 0.741. The lowest BCUT2D eigenvalue weighted by atomic mass is 9.93. The number of imidazole rings is 1. The summed E-state index contributed by atoms with van der Waals surface area (Å²) in [5, 5.41) is 0. The number of H-pyrrole nitrogens is 1. The van der Waals surface area contributed by atoms with Crippen LogP contribution in [0.2, 0.25) is 0 Å². The van der Waals surface area contributed by atoms with Crippen molar-refractivity contribution in [3.8, 4) is 28.3 Å². The molecule has 0 spiro atoms. The maximum absolute atomic E-state index is 11.9. The van der Waals surface area contributed by atoms with E-state index < -0.39 is 0 Å². The van der Waals surface area contributed by atoms with E-state index in [1.807, 2.05) is 42.5 Å². The van der Waals surface area contributed by atoms with Crippen LogP contribution in [0.25, 0.3) is 22.5 Å². The molecule has 0 aliphatic heterocycles. The van der Waals surface area contributed by atoms with Gasteiger partial charge in [-0.15, -0.1) is 0 Å². The molecule has 0 amide bonds. The second-order valence-electron chi connectivity index (χ2n) is 4.95. The maximum atomic E-state index is 11.9. The molecule has 3 aromatic rings. The maximum Gasteiger partial charge on any atom is 0.160 e. The van der Waals surface area contributed by atoms with E-state index in [9.17, 15) is 4.79 Å². The van der Waals surface area contributed by atoms with Gasteiger partial charge in [-0.1, -0.05) is 24.3 Å².